The van der Waals surface area contributed by atoms with Gasteiger partial charge >= 0.3 is 0 Å². The molecule has 1 heterocycles. The summed E-state index contributed by atoms with van der Waals surface area (Å²) in [5.74, 6) is -0.0727. The number of carbonyl (C=O) groups excluding carboxylic acids is 1. The molecule has 3 rings (SSSR count). The maximum Gasteiger partial charge on any atom is 0.197 e. The van der Waals surface area contributed by atoms with E-state index in [0.717, 1.165) is 0 Å². The summed E-state index contributed by atoms with van der Waals surface area (Å²) >= 11 is 9.13. The first-order valence-electron chi connectivity index (χ1n) is 6.15. The van der Waals surface area contributed by atoms with Gasteiger partial charge in [0.25, 0.3) is 0 Å². The summed E-state index contributed by atoms with van der Waals surface area (Å²) in [5, 5.41) is 0.299. The van der Waals surface area contributed by atoms with Gasteiger partial charge in [0.2, 0.25) is 0 Å². The molecule has 0 unspecified atom stereocenters. The second-order valence-electron chi connectivity index (χ2n) is 4.43. The minimum atomic E-state index is -0.619. The molecule has 0 amide bonds. The standard InChI is InChI=1S/C15H9BrClFO3/c16-11-7-14-13(20-3-4-21-14)6-9(11)15(19)10-5-8(17)1-2-12(10)18/h1-2,5-7H,3-4H2. The molecule has 0 N–H and O–H groups in total. The summed E-state index contributed by atoms with van der Waals surface area (Å²) in [4.78, 5) is 12.5. The Labute approximate surface area is 133 Å². The van der Waals surface area contributed by atoms with Crippen molar-refractivity contribution in [3.8, 4) is 11.5 Å². The highest BCUT2D eigenvalue weighted by Gasteiger charge is 2.21. The zero-order chi connectivity index (χ0) is 15.0. The summed E-state index contributed by atoms with van der Waals surface area (Å²) < 4.78 is 25.2. The second kappa shape index (κ2) is 5.66. The summed E-state index contributed by atoms with van der Waals surface area (Å²) in [6.45, 7) is 0.865. The number of rotatable bonds is 2. The number of hydrogen-bond donors (Lipinski definition) is 0. The van der Waals surface area contributed by atoms with Crippen LogP contribution in [0.1, 0.15) is 15.9 Å². The van der Waals surface area contributed by atoms with E-state index in [1.54, 1.807) is 12.1 Å². The molecule has 2 aromatic carbocycles. The zero-order valence-corrected chi connectivity index (χ0v) is 13.0. The zero-order valence-electron chi connectivity index (χ0n) is 10.7. The summed E-state index contributed by atoms with van der Waals surface area (Å²) in [5.41, 5.74) is 0.209. The van der Waals surface area contributed by atoms with Gasteiger partial charge < -0.3 is 9.47 Å². The van der Waals surface area contributed by atoms with Crippen molar-refractivity contribution in [1.29, 1.82) is 0 Å². The van der Waals surface area contributed by atoms with Crippen LogP contribution in [0.15, 0.2) is 34.8 Å². The van der Waals surface area contributed by atoms with Crippen LogP contribution < -0.4 is 9.47 Å². The van der Waals surface area contributed by atoms with Crippen molar-refractivity contribution >= 4 is 33.3 Å². The van der Waals surface area contributed by atoms with Gasteiger partial charge in [-0.2, -0.15) is 0 Å². The largest absolute Gasteiger partial charge is 0.486 e. The topological polar surface area (TPSA) is 35.5 Å². The Bertz CT molecular complexity index is 733. The highest BCUT2D eigenvalue weighted by atomic mass is 79.9. The third kappa shape index (κ3) is 2.76. The lowest BCUT2D eigenvalue weighted by Crippen LogP contribution is -2.16. The molecule has 0 saturated heterocycles. The minimum absolute atomic E-state index is 0.0834. The molecule has 3 nitrogen and oxygen atoms in total. The van der Waals surface area contributed by atoms with Crippen LogP contribution in [0.2, 0.25) is 5.02 Å². The van der Waals surface area contributed by atoms with Crippen LogP contribution in [0.25, 0.3) is 0 Å². The molecule has 0 radical (unpaired) electrons. The normalized spacial score (nSPS) is 13.1. The molecule has 6 heteroatoms. The first-order chi connectivity index (χ1) is 10.1. The molecule has 108 valence electrons. The number of hydrogen-bond acceptors (Lipinski definition) is 3. The number of fused-ring (bicyclic) bond motifs is 1. The van der Waals surface area contributed by atoms with Crippen LogP contribution in [0.4, 0.5) is 4.39 Å². The molecule has 1 aliphatic heterocycles. The lowest BCUT2D eigenvalue weighted by atomic mass is 10.0. The minimum Gasteiger partial charge on any atom is -0.486 e. The van der Waals surface area contributed by atoms with E-state index in [4.69, 9.17) is 21.1 Å². The van der Waals surface area contributed by atoms with Crippen LogP contribution in [0.3, 0.4) is 0 Å². The molecule has 0 bridgehead atoms. The lowest BCUT2D eigenvalue weighted by molar-refractivity contribution is 0.103. The monoisotopic (exact) mass is 370 g/mol. The van der Waals surface area contributed by atoms with Gasteiger partial charge in [0.1, 0.15) is 19.0 Å². The van der Waals surface area contributed by atoms with E-state index in [1.807, 2.05) is 0 Å². The molecule has 0 aliphatic carbocycles. The summed E-state index contributed by atoms with van der Waals surface area (Å²) in [7, 11) is 0. The first-order valence-corrected chi connectivity index (χ1v) is 7.32. The van der Waals surface area contributed by atoms with E-state index in [-0.39, 0.29) is 5.56 Å². The highest BCUT2D eigenvalue weighted by Crippen LogP contribution is 2.36. The number of ether oxygens (including phenoxy) is 2. The summed E-state index contributed by atoms with van der Waals surface area (Å²) in [6, 6.07) is 7.06. The van der Waals surface area contributed by atoms with Crippen LogP contribution in [-0.4, -0.2) is 19.0 Å². The van der Waals surface area contributed by atoms with Gasteiger partial charge in [-0.05, 0) is 46.3 Å². The van der Waals surface area contributed by atoms with Crippen LogP contribution in [0, 0.1) is 5.82 Å². The van der Waals surface area contributed by atoms with Crippen molar-refractivity contribution in [3.63, 3.8) is 0 Å². The average Bonchev–Trinajstić information content (AvgIpc) is 2.48. The van der Waals surface area contributed by atoms with E-state index < -0.39 is 11.6 Å². The number of benzene rings is 2. The third-order valence-corrected chi connectivity index (χ3v) is 3.94. The predicted octanol–water partition coefficient (Wildman–Crippen LogP) is 4.24. The van der Waals surface area contributed by atoms with Crippen molar-refractivity contribution in [2.24, 2.45) is 0 Å². The maximum absolute atomic E-state index is 13.8. The van der Waals surface area contributed by atoms with Crippen LogP contribution in [0.5, 0.6) is 11.5 Å². The smallest absolute Gasteiger partial charge is 0.197 e. The number of ketones is 1. The van der Waals surface area contributed by atoms with Crippen molar-refractivity contribution in [2.75, 3.05) is 13.2 Å². The van der Waals surface area contributed by atoms with Crippen LogP contribution >= 0.6 is 27.5 Å². The third-order valence-electron chi connectivity index (χ3n) is 3.05. The van der Waals surface area contributed by atoms with Crippen molar-refractivity contribution in [1.82, 2.24) is 0 Å². The Kier molecular flexibility index (Phi) is 3.87. The van der Waals surface area contributed by atoms with Crippen LogP contribution in [-0.2, 0) is 0 Å². The molecule has 0 aromatic heterocycles. The Hall–Kier alpha value is -1.59. The van der Waals surface area contributed by atoms with Gasteiger partial charge in [0.05, 0.1) is 5.56 Å². The Morgan fingerprint density at radius 2 is 1.76 bits per heavy atom. The molecule has 0 saturated carbocycles. The molecule has 21 heavy (non-hydrogen) atoms. The second-order valence-corrected chi connectivity index (χ2v) is 5.72. The van der Waals surface area contributed by atoms with E-state index >= 15 is 0 Å². The lowest BCUT2D eigenvalue weighted by Gasteiger charge is -2.19. The van der Waals surface area contributed by atoms with Gasteiger partial charge in [0.15, 0.2) is 17.3 Å². The molecule has 0 spiro atoms. The molecular weight excluding hydrogens is 363 g/mol. The van der Waals surface area contributed by atoms with Crippen molar-refractivity contribution in [3.05, 3.63) is 56.8 Å². The fraction of sp³-hybridized carbons (Fsp3) is 0.133. The number of carbonyl (C=O) groups is 1. The first kappa shape index (κ1) is 14.4. The quantitative estimate of drug-likeness (QED) is 0.741. The summed E-state index contributed by atoms with van der Waals surface area (Å²) in [6.07, 6.45) is 0. The SMILES string of the molecule is O=C(c1cc(Cl)ccc1F)c1cc2c(cc1Br)OCCO2. The van der Waals surface area contributed by atoms with E-state index in [0.29, 0.717) is 39.8 Å². The Balaban J connectivity index is 2.07. The van der Waals surface area contributed by atoms with Gasteiger partial charge in [-0.25, -0.2) is 4.39 Å². The molecule has 0 atom stereocenters. The predicted molar refractivity (Wildman–Crippen MR) is 80.0 cm³/mol. The fourth-order valence-electron chi connectivity index (χ4n) is 2.05. The van der Waals surface area contributed by atoms with Gasteiger partial charge in [-0.15, -0.1) is 0 Å². The fourth-order valence-corrected chi connectivity index (χ4v) is 2.73. The van der Waals surface area contributed by atoms with Gasteiger partial charge in [0, 0.05) is 15.1 Å². The number of halogens is 3. The Morgan fingerprint density at radius 3 is 2.48 bits per heavy atom. The van der Waals surface area contributed by atoms with Gasteiger partial charge in [-0.1, -0.05) is 11.6 Å². The highest BCUT2D eigenvalue weighted by molar-refractivity contribution is 9.10. The Morgan fingerprint density at radius 1 is 1.10 bits per heavy atom. The molecular formula is C15H9BrClFO3. The average molecular weight is 372 g/mol. The molecule has 1 aliphatic rings. The van der Waals surface area contributed by atoms with E-state index in [9.17, 15) is 9.18 Å². The maximum atomic E-state index is 13.8. The van der Waals surface area contributed by atoms with Gasteiger partial charge in [-0.3, -0.25) is 4.79 Å². The molecule has 2 aromatic rings. The van der Waals surface area contributed by atoms with E-state index in [2.05, 4.69) is 15.9 Å². The van der Waals surface area contributed by atoms with E-state index in [1.165, 1.54) is 18.2 Å². The van der Waals surface area contributed by atoms with Crippen molar-refractivity contribution < 1.29 is 18.7 Å². The molecule has 0 fully saturated rings. The van der Waals surface area contributed by atoms with Crippen molar-refractivity contribution in [2.45, 2.75) is 0 Å².